The van der Waals surface area contributed by atoms with Gasteiger partial charge in [-0.05, 0) is 70.0 Å². The third kappa shape index (κ3) is 6.09. The van der Waals surface area contributed by atoms with Crippen molar-refractivity contribution in [3.8, 4) is 0 Å². The molecule has 0 saturated carbocycles. The van der Waals surface area contributed by atoms with Crippen LogP contribution in [0.15, 0.2) is 42.7 Å². The molecule has 0 bridgehead atoms. The van der Waals surface area contributed by atoms with Crippen LogP contribution < -0.4 is 4.90 Å². The average Bonchev–Trinajstić information content (AvgIpc) is 3.11. The number of pyridine rings is 2. The predicted molar refractivity (Wildman–Crippen MR) is 132 cm³/mol. The summed E-state index contributed by atoms with van der Waals surface area (Å²) in [4.78, 5) is 31.2. The number of anilines is 1. The van der Waals surface area contributed by atoms with E-state index in [0.29, 0.717) is 24.3 Å². The highest BCUT2D eigenvalue weighted by molar-refractivity contribution is 5.92. The molecule has 7 heteroatoms. The summed E-state index contributed by atoms with van der Waals surface area (Å²) in [6, 6.07) is 11.0. The third-order valence-electron chi connectivity index (χ3n) is 7.04. The third-order valence-corrected chi connectivity index (χ3v) is 7.04. The van der Waals surface area contributed by atoms with E-state index in [4.69, 9.17) is 4.98 Å². The Morgan fingerprint density at radius 1 is 1.06 bits per heavy atom. The summed E-state index contributed by atoms with van der Waals surface area (Å²) in [5.41, 5.74) is 1.51. The van der Waals surface area contributed by atoms with E-state index < -0.39 is 0 Å². The van der Waals surface area contributed by atoms with E-state index in [1.54, 1.807) is 17.3 Å². The van der Waals surface area contributed by atoms with Gasteiger partial charge in [0.2, 0.25) is 0 Å². The minimum Gasteiger partial charge on any atom is -0.355 e. The largest absolute Gasteiger partial charge is 0.355 e. The van der Waals surface area contributed by atoms with Crippen molar-refractivity contribution in [3.05, 3.63) is 54.0 Å². The zero-order valence-electron chi connectivity index (χ0n) is 20.4. The van der Waals surface area contributed by atoms with Crippen LogP contribution in [0.4, 0.5) is 5.82 Å². The summed E-state index contributed by atoms with van der Waals surface area (Å²) in [5, 5.41) is 0. The smallest absolute Gasteiger partial charge is 0.272 e. The first-order valence-corrected chi connectivity index (χ1v) is 12.4. The number of rotatable bonds is 6. The van der Waals surface area contributed by atoms with E-state index in [1.165, 1.54) is 25.9 Å². The number of piperidine rings is 1. The summed E-state index contributed by atoms with van der Waals surface area (Å²) in [7, 11) is 1.82. The lowest BCUT2D eigenvalue weighted by molar-refractivity contribution is 0.0779. The van der Waals surface area contributed by atoms with Crippen LogP contribution in [0.5, 0.6) is 0 Å². The van der Waals surface area contributed by atoms with Crippen molar-refractivity contribution in [2.24, 2.45) is 0 Å². The molecule has 0 unspecified atom stereocenters. The van der Waals surface area contributed by atoms with E-state index in [1.807, 2.05) is 37.4 Å². The van der Waals surface area contributed by atoms with Gasteiger partial charge in [0.25, 0.3) is 5.91 Å². The van der Waals surface area contributed by atoms with Crippen molar-refractivity contribution in [2.45, 2.75) is 51.7 Å². The maximum absolute atomic E-state index is 13.0. The Bertz CT molecular complexity index is 897. The Labute approximate surface area is 198 Å². The van der Waals surface area contributed by atoms with Gasteiger partial charge in [-0.15, -0.1) is 0 Å². The van der Waals surface area contributed by atoms with Gasteiger partial charge in [0.05, 0.1) is 0 Å². The lowest BCUT2D eigenvalue weighted by Crippen LogP contribution is -2.47. The van der Waals surface area contributed by atoms with Crippen LogP contribution in [0, 0.1) is 0 Å². The van der Waals surface area contributed by atoms with Crippen molar-refractivity contribution in [2.75, 3.05) is 51.2 Å². The Balaban J connectivity index is 1.35. The maximum Gasteiger partial charge on any atom is 0.272 e. The number of hydrogen-bond donors (Lipinski definition) is 0. The van der Waals surface area contributed by atoms with Crippen molar-refractivity contribution in [1.29, 1.82) is 0 Å². The van der Waals surface area contributed by atoms with Crippen LogP contribution in [0.3, 0.4) is 0 Å². The molecule has 2 aliphatic rings. The second kappa shape index (κ2) is 11.1. The normalized spacial score (nSPS) is 19.0. The molecule has 0 radical (unpaired) electrons. The van der Waals surface area contributed by atoms with Gasteiger partial charge in [-0.3, -0.25) is 14.7 Å². The first-order valence-electron chi connectivity index (χ1n) is 12.4. The molecule has 4 rings (SSSR count). The van der Waals surface area contributed by atoms with Gasteiger partial charge < -0.3 is 14.7 Å². The number of carbonyl (C=O) groups excluding carboxylic acids is 1. The predicted octanol–water partition coefficient (Wildman–Crippen LogP) is 3.13. The molecule has 33 heavy (non-hydrogen) atoms. The number of carbonyl (C=O) groups is 1. The Morgan fingerprint density at radius 3 is 2.61 bits per heavy atom. The second-order valence-corrected chi connectivity index (χ2v) is 9.64. The molecule has 0 aliphatic carbocycles. The van der Waals surface area contributed by atoms with Crippen molar-refractivity contribution < 1.29 is 4.79 Å². The zero-order chi connectivity index (χ0) is 23.2. The SMILES string of the molecule is CC(C)N1CCC(N2CCCN(c3cccc(C(=O)N(C)Cc4cccnc4)n3)CC2)CC1. The summed E-state index contributed by atoms with van der Waals surface area (Å²) < 4.78 is 0. The molecule has 2 saturated heterocycles. The van der Waals surface area contributed by atoms with Crippen LogP contribution in [0.25, 0.3) is 0 Å². The lowest BCUT2D eigenvalue weighted by Gasteiger charge is -2.39. The molecule has 2 aromatic rings. The number of amides is 1. The van der Waals surface area contributed by atoms with Gasteiger partial charge in [-0.1, -0.05) is 12.1 Å². The zero-order valence-corrected chi connectivity index (χ0v) is 20.4. The highest BCUT2D eigenvalue weighted by atomic mass is 16.2. The van der Waals surface area contributed by atoms with Gasteiger partial charge in [0.15, 0.2) is 0 Å². The Hall–Kier alpha value is -2.51. The fourth-order valence-corrected chi connectivity index (χ4v) is 5.05. The molecular formula is C26H38N6O. The first kappa shape index (κ1) is 23.6. The van der Waals surface area contributed by atoms with E-state index in [9.17, 15) is 4.79 Å². The fourth-order valence-electron chi connectivity index (χ4n) is 5.05. The van der Waals surface area contributed by atoms with Crippen LogP contribution in [-0.2, 0) is 6.54 Å². The van der Waals surface area contributed by atoms with Crippen LogP contribution in [-0.4, -0.2) is 89.0 Å². The number of hydrogen-bond acceptors (Lipinski definition) is 6. The van der Waals surface area contributed by atoms with E-state index in [-0.39, 0.29) is 5.91 Å². The van der Waals surface area contributed by atoms with E-state index in [2.05, 4.69) is 33.5 Å². The maximum atomic E-state index is 13.0. The summed E-state index contributed by atoms with van der Waals surface area (Å²) in [6.45, 7) is 11.7. The van der Waals surface area contributed by atoms with Crippen molar-refractivity contribution in [3.63, 3.8) is 0 Å². The molecule has 2 aliphatic heterocycles. The van der Waals surface area contributed by atoms with Crippen molar-refractivity contribution >= 4 is 11.7 Å². The van der Waals surface area contributed by atoms with E-state index >= 15 is 0 Å². The molecule has 1 amide bonds. The average molecular weight is 451 g/mol. The van der Waals surface area contributed by atoms with Crippen LogP contribution in [0.2, 0.25) is 0 Å². The lowest BCUT2D eigenvalue weighted by atomic mass is 10.0. The van der Waals surface area contributed by atoms with Crippen LogP contribution >= 0.6 is 0 Å². The highest BCUT2D eigenvalue weighted by Crippen LogP contribution is 2.22. The minimum atomic E-state index is -0.0611. The quantitative estimate of drug-likeness (QED) is 0.674. The molecule has 178 valence electrons. The summed E-state index contributed by atoms with van der Waals surface area (Å²) in [5.74, 6) is 0.848. The Kier molecular flexibility index (Phi) is 7.93. The standard InChI is InChI=1S/C26H38N6O/c1-21(2)30-15-10-23(11-16-30)31-13-6-14-32(18-17-31)25-9-4-8-24(28-25)26(33)29(3)20-22-7-5-12-27-19-22/h4-5,7-9,12,19,21,23H,6,10-11,13-18,20H2,1-3H3. The first-order chi connectivity index (χ1) is 16.0. The van der Waals surface area contributed by atoms with Gasteiger partial charge >= 0.3 is 0 Å². The summed E-state index contributed by atoms with van der Waals surface area (Å²) in [6.07, 6.45) is 7.20. The molecule has 0 spiro atoms. The van der Waals surface area contributed by atoms with Gasteiger partial charge in [-0.2, -0.15) is 0 Å². The molecule has 7 nitrogen and oxygen atoms in total. The highest BCUT2D eigenvalue weighted by Gasteiger charge is 2.27. The van der Waals surface area contributed by atoms with E-state index in [0.717, 1.165) is 44.0 Å². The van der Waals surface area contributed by atoms with Crippen LogP contribution in [0.1, 0.15) is 49.2 Å². The summed E-state index contributed by atoms with van der Waals surface area (Å²) >= 11 is 0. The Morgan fingerprint density at radius 2 is 1.88 bits per heavy atom. The molecule has 0 N–H and O–H groups in total. The monoisotopic (exact) mass is 450 g/mol. The molecule has 4 heterocycles. The fraction of sp³-hybridized carbons (Fsp3) is 0.577. The number of likely N-dealkylation sites (tertiary alicyclic amines) is 1. The number of aromatic nitrogens is 2. The van der Waals surface area contributed by atoms with Crippen molar-refractivity contribution in [1.82, 2.24) is 24.7 Å². The molecular weight excluding hydrogens is 412 g/mol. The topological polar surface area (TPSA) is 55.8 Å². The number of nitrogens with zero attached hydrogens (tertiary/aromatic N) is 6. The molecule has 0 atom stereocenters. The van der Waals surface area contributed by atoms with Gasteiger partial charge in [0.1, 0.15) is 11.5 Å². The molecule has 2 aromatic heterocycles. The molecule has 2 fully saturated rings. The van der Waals surface area contributed by atoms with Gasteiger partial charge in [-0.25, -0.2) is 4.98 Å². The second-order valence-electron chi connectivity index (χ2n) is 9.64. The molecule has 0 aromatic carbocycles. The minimum absolute atomic E-state index is 0.0611. The van der Waals surface area contributed by atoms with Gasteiger partial charge in [0, 0.05) is 64.2 Å².